The molecule has 0 spiro atoms. The Morgan fingerprint density at radius 1 is 1.00 bits per heavy atom. The fraction of sp³-hybridized carbons (Fsp3) is 0.903. The second-order valence-corrected chi connectivity index (χ2v) is 14.4. The number of hydrogen-bond donors (Lipinski definition) is 0. The molecule has 0 N–H and O–H groups in total. The van der Waals surface area contributed by atoms with Crippen LogP contribution in [-0.2, 0) is 9.53 Å². The number of rotatable bonds is 6. The Labute approximate surface area is 204 Å². The molecule has 4 aliphatic carbocycles. The minimum atomic E-state index is -0.114. The number of carbonyl (C=O) groups is 1. The lowest BCUT2D eigenvalue weighted by atomic mass is 9.46. The van der Waals surface area contributed by atoms with Gasteiger partial charge in [-0.2, -0.15) is 0 Å². The number of fused-ring (bicyclic) bond motifs is 5. The highest BCUT2D eigenvalue weighted by molar-refractivity contribution is 5.94. The van der Waals surface area contributed by atoms with Crippen molar-refractivity contribution in [3.63, 3.8) is 0 Å². The van der Waals surface area contributed by atoms with Crippen molar-refractivity contribution in [1.82, 2.24) is 0 Å². The molecular formula is C31H52O2. The molecule has 0 aromatic carbocycles. The third kappa shape index (κ3) is 4.76. The molecule has 0 heterocycles. The molecule has 0 aromatic heterocycles. The molecule has 0 radical (unpaired) electrons. The molecule has 3 fully saturated rings. The lowest BCUT2D eigenvalue weighted by Gasteiger charge is -2.58. The van der Waals surface area contributed by atoms with Crippen LogP contribution < -0.4 is 0 Å². The maximum Gasteiger partial charge on any atom is 0.159 e. The van der Waals surface area contributed by atoms with Crippen LogP contribution in [-0.4, -0.2) is 17.5 Å². The van der Waals surface area contributed by atoms with E-state index >= 15 is 0 Å². The van der Waals surface area contributed by atoms with E-state index in [4.69, 9.17) is 4.74 Å². The van der Waals surface area contributed by atoms with Crippen LogP contribution in [0.25, 0.3) is 0 Å². The molecule has 0 aromatic rings. The van der Waals surface area contributed by atoms with Gasteiger partial charge in [-0.15, -0.1) is 0 Å². The van der Waals surface area contributed by atoms with Gasteiger partial charge in [0.15, 0.2) is 5.78 Å². The summed E-state index contributed by atoms with van der Waals surface area (Å²) in [6.07, 6.45) is 14.9. The minimum absolute atomic E-state index is 0.114. The van der Waals surface area contributed by atoms with Gasteiger partial charge in [0.1, 0.15) is 0 Å². The lowest BCUT2D eigenvalue weighted by Crippen LogP contribution is -2.54. The maximum atomic E-state index is 13.7. The minimum Gasteiger partial charge on any atom is -0.372 e. The van der Waals surface area contributed by atoms with Crippen LogP contribution >= 0.6 is 0 Å². The summed E-state index contributed by atoms with van der Waals surface area (Å²) < 4.78 is 6.36. The van der Waals surface area contributed by atoms with Gasteiger partial charge in [0.25, 0.3) is 0 Å². The monoisotopic (exact) mass is 456 g/mol. The predicted molar refractivity (Wildman–Crippen MR) is 138 cm³/mol. The van der Waals surface area contributed by atoms with Crippen molar-refractivity contribution in [2.75, 3.05) is 0 Å². The molecule has 0 bridgehead atoms. The average Bonchev–Trinajstić information content (AvgIpc) is 3.05. The van der Waals surface area contributed by atoms with Crippen LogP contribution in [0.2, 0.25) is 0 Å². The average molecular weight is 457 g/mol. The van der Waals surface area contributed by atoms with E-state index in [1.54, 1.807) is 0 Å². The Hall–Kier alpha value is -0.630. The zero-order valence-corrected chi connectivity index (χ0v) is 23.0. The molecule has 2 heteroatoms. The second-order valence-electron chi connectivity index (χ2n) is 14.4. The summed E-state index contributed by atoms with van der Waals surface area (Å²) in [5, 5.41) is 0. The van der Waals surface area contributed by atoms with Crippen molar-refractivity contribution in [3.8, 4) is 0 Å². The Balaban J connectivity index is 1.51. The van der Waals surface area contributed by atoms with E-state index in [9.17, 15) is 4.79 Å². The molecule has 0 saturated heterocycles. The van der Waals surface area contributed by atoms with Crippen LogP contribution in [0.1, 0.15) is 120 Å². The van der Waals surface area contributed by atoms with E-state index in [0.29, 0.717) is 23.0 Å². The number of hydrogen-bond acceptors (Lipinski definition) is 2. The lowest BCUT2D eigenvalue weighted by molar-refractivity contribution is -0.137. The summed E-state index contributed by atoms with van der Waals surface area (Å²) in [6.45, 7) is 18.7. The highest BCUT2D eigenvalue weighted by Gasteiger charge is 2.61. The van der Waals surface area contributed by atoms with Crippen LogP contribution in [0, 0.1) is 46.3 Å². The first kappa shape index (κ1) is 25.5. The van der Waals surface area contributed by atoms with Gasteiger partial charge >= 0.3 is 0 Å². The van der Waals surface area contributed by atoms with Crippen LogP contribution in [0.4, 0.5) is 0 Å². The smallest absolute Gasteiger partial charge is 0.159 e. The zero-order chi connectivity index (χ0) is 24.2. The fourth-order valence-corrected chi connectivity index (χ4v) is 8.99. The maximum absolute atomic E-state index is 13.7. The first-order valence-electron chi connectivity index (χ1n) is 14.3. The number of ketones is 1. The van der Waals surface area contributed by atoms with Gasteiger partial charge in [-0.05, 0) is 112 Å². The molecule has 4 unspecified atom stereocenters. The summed E-state index contributed by atoms with van der Waals surface area (Å²) in [6, 6.07) is 0. The SMILES string of the molecule is CC(C)CCC[C@@H](C)[C@H]1CCC2C3C(=O)C=C4CC(OC(C)(C)C)CC[C@]4(C)C3CC[C@@]21C. The molecule has 188 valence electrons. The van der Waals surface area contributed by atoms with Gasteiger partial charge < -0.3 is 4.74 Å². The van der Waals surface area contributed by atoms with E-state index in [-0.39, 0.29) is 23.0 Å². The summed E-state index contributed by atoms with van der Waals surface area (Å²) in [5.41, 5.74) is 1.87. The van der Waals surface area contributed by atoms with Crippen molar-refractivity contribution >= 4 is 5.78 Å². The molecular weight excluding hydrogens is 404 g/mol. The third-order valence-corrected chi connectivity index (χ3v) is 10.6. The molecule has 2 nitrogen and oxygen atoms in total. The Morgan fingerprint density at radius 3 is 2.39 bits per heavy atom. The van der Waals surface area contributed by atoms with E-state index < -0.39 is 0 Å². The second kappa shape index (κ2) is 9.11. The first-order chi connectivity index (χ1) is 15.3. The summed E-state index contributed by atoms with van der Waals surface area (Å²) in [5.74, 6) is 4.29. The van der Waals surface area contributed by atoms with Crippen LogP contribution in [0.15, 0.2) is 11.6 Å². The summed E-state index contributed by atoms with van der Waals surface area (Å²) >= 11 is 0. The molecule has 8 atom stereocenters. The molecule has 3 saturated carbocycles. The van der Waals surface area contributed by atoms with Gasteiger partial charge in [-0.25, -0.2) is 0 Å². The van der Waals surface area contributed by atoms with Crippen LogP contribution in [0.5, 0.6) is 0 Å². The van der Waals surface area contributed by atoms with E-state index in [1.807, 2.05) is 0 Å². The zero-order valence-electron chi connectivity index (χ0n) is 23.0. The van der Waals surface area contributed by atoms with Crippen molar-refractivity contribution in [2.45, 2.75) is 131 Å². The topological polar surface area (TPSA) is 26.3 Å². The fourth-order valence-electron chi connectivity index (χ4n) is 8.99. The Kier molecular flexibility index (Phi) is 7.03. The molecule has 33 heavy (non-hydrogen) atoms. The van der Waals surface area contributed by atoms with Crippen molar-refractivity contribution in [3.05, 3.63) is 11.6 Å². The van der Waals surface area contributed by atoms with E-state index in [2.05, 4.69) is 61.5 Å². The Bertz CT molecular complexity index is 757. The number of ether oxygens (including phenoxy) is 1. The largest absolute Gasteiger partial charge is 0.372 e. The van der Waals surface area contributed by atoms with Crippen molar-refractivity contribution in [2.24, 2.45) is 46.3 Å². The van der Waals surface area contributed by atoms with Crippen LogP contribution in [0.3, 0.4) is 0 Å². The van der Waals surface area contributed by atoms with E-state index in [1.165, 1.54) is 56.9 Å². The summed E-state index contributed by atoms with van der Waals surface area (Å²) in [7, 11) is 0. The quantitative estimate of drug-likeness (QED) is 0.401. The summed E-state index contributed by atoms with van der Waals surface area (Å²) in [4.78, 5) is 13.7. The van der Waals surface area contributed by atoms with Crippen molar-refractivity contribution < 1.29 is 9.53 Å². The van der Waals surface area contributed by atoms with Crippen molar-refractivity contribution in [1.29, 1.82) is 0 Å². The van der Waals surface area contributed by atoms with Gasteiger partial charge in [-0.3, -0.25) is 4.79 Å². The predicted octanol–water partition coefficient (Wildman–Crippen LogP) is 8.39. The molecule has 0 aliphatic heterocycles. The van der Waals surface area contributed by atoms with Gasteiger partial charge in [-0.1, -0.05) is 59.5 Å². The molecule has 4 rings (SSSR count). The van der Waals surface area contributed by atoms with Gasteiger partial charge in [0.05, 0.1) is 11.7 Å². The number of carbonyl (C=O) groups excluding carboxylic acids is 1. The normalized spacial score (nSPS) is 41.9. The number of allylic oxidation sites excluding steroid dienone is 1. The van der Waals surface area contributed by atoms with E-state index in [0.717, 1.165) is 30.6 Å². The first-order valence-corrected chi connectivity index (χ1v) is 14.3. The standard InChI is InChI=1S/C31H52O2/c1-20(2)10-9-11-21(3)24-12-13-25-28-26(15-17-31(24,25)8)30(7)16-14-23(33-29(4,5)6)18-22(30)19-27(28)32/h19-21,23-26,28H,9-18H2,1-8H3/t21-,23?,24-,25?,26?,28?,30+,31-/m1/s1. The third-order valence-electron chi connectivity index (χ3n) is 10.6. The highest BCUT2D eigenvalue weighted by atomic mass is 16.5. The van der Waals surface area contributed by atoms with Gasteiger partial charge in [0.2, 0.25) is 0 Å². The molecule has 4 aliphatic rings. The Morgan fingerprint density at radius 2 is 1.73 bits per heavy atom. The van der Waals surface area contributed by atoms with Gasteiger partial charge in [0, 0.05) is 5.92 Å². The molecule has 0 amide bonds. The highest BCUT2D eigenvalue weighted by Crippen LogP contribution is 2.66.